The highest BCUT2D eigenvalue weighted by Crippen LogP contribution is 2.34. The smallest absolute Gasteiger partial charge is 0.197 e. The second kappa shape index (κ2) is 14.1. The lowest BCUT2D eigenvalue weighted by Crippen LogP contribution is -2.37. The topological polar surface area (TPSA) is 97.6 Å². The molecule has 7 nitrogen and oxygen atoms in total. The molecule has 0 aliphatic heterocycles. The maximum atomic E-state index is 11.1. The maximum absolute atomic E-state index is 11.1. The van der Waals surface area contributed by atoms with Crippen molar-refractivity contribution in [3.63, 3.8) is 0 Å². The third-order valence-corrected chi connectivity index (χ3v) is 7.77. The molecule has 2 N–H and O–H groups in total. The molecule has 0 saturated heterocycles. The van der Waals surface area contributed by atoms with Gasteiger partial charge in [-0.1, -0.05) is 80.6 Å². The maximum Gasteiger partial charge on any atom is 0.197 e. The van der Waals surface area contributed by atoms with E-state index in [-0.39, 0.29) is 12.4 Å². The fourth-order valence-corrected chi connectivity index (χ4v) is 5.11. The molecule has 4 rings (SSSR count). The number of benzene rings is 3. The Bertz CT molecular complexity index is 1480. The summed E-state index contributed by atoms with van der Waals surface area (Å²) in [4.78, 5) is 14.5. The lowest BCUT2D eigenvalue weighted by molar-refractivity contribution is -0.213. The van der Waals surface area contributed by atoms with Crippen molar-refractivity contribution < 1.29 is 19.7 Å². The van der Waals surface area contributed by atoms with Crippen molar-refractivity contribution in [3.05, 3.63) is 76.9 Å². The summed E-state index contributed by atoms with van der Waals surface area (Å²) in [5.41, 5.74) is 6.69. The zero-order valence-corrected chi connectivity index (χ0v) is 26.6. The quantitative estimate of drug-likeness (QED) is 0.153. The van der Waals surface area contributed by atoms with Gasteiger partial charge in [0.25, 0.3) is 0 Å². The predicted octanol–water partition coefficient (Wildman–Crippen LogP) is 8.13. The van der Waals surface area contributed by atoms with Gasteiger partial charge >= 0.3 is 0 Å². The van der Waals surface area contributed by atoms with Gasteiger partial charge in [-0.25, -0.2) is 15.0 Å². The number of unbranched alkanes of at least 4 members (excludes halogenated alkanes) is 1. The van der Waals surface area contributed by atoms with E-state index in [1.807, 2.05) is 38.1 Å². The third-order valence-electron chi connectivity index (χ3n) is 7.77. The van der Waals surface area contributed by atoms with E-state index in [4.69, 9.17) is 24.4 Å². The minimum Gasteiger partial charge on any atom is -0.507 e. The first-order valence-electron chi connectivity index (χ1n) is 15.2. The molecule has 0 saturated carbocycles. The molecule has 0 radical (unpaired) electrons. The number of hydrogen-bond donors (Lipinski definition) is 2. The number of aromatic hydroxyl groups is 1. The molecule has 0 aliphatic rings. The van der Waals surface area contributed by atoms with E-state index < -0.39 is 5.79 Å². The Hall–Kier alpha value is -3.81. The van der Waals surface area contributed by atoms with Gasteiger partial charge in [-0.3, -0.25) is 0 Å². The highest BCUT2D eigenvalue weighted by atomic mass is 16.6. The summed E-state index contributed by atoms with van der Waals surface area (Å²) >= 11 is 0. The van der Waals surface area contributed by atoms with Gasteiger partial charge in [-0.15, -0.1) is 0 Å². The highest BCUT2D eigenvalue weighted by Gasteiger charge is 2.24. The number of phenolic OH excluding ortho intramolecular Hbond substituents is 1. The summed E-state index contributed by atoms with van der Waals surface area (Å²) in [6.07, 6.45) is 4.36. The van der Waals surface area contributed by atoms with Gasteiger partial charge in [-0.2, -0.15) is 0 Å². The SMILES string of the molecule is CCCCC(CC)COC(C)(O)COc1ccc(-c2nc(-c3ccc(C)cc3C)nc(-c3ccc(C)cc3C)n2)c(O)c1. The first kappa shape index (κ1) is 32.1. The van der Waals surface area contributed by atoms with Crippen LogP contribution in [0, 0.1) is 33.6 Å². The Morgan fingerprint density at radius 2 is 1.30 bits per heavy atom. The zero-order chi connectivity index (χ0) is 31.1. The monoisotopic (exact) mass is 583 g/mol. The normalized spacial score (nSPS) is 13.5. The molecule has 2 unspecified atom stereocenters. The molecule has 0 spiro atoms. The van der Waals surface area contributed by atoms with Crippen molar-refractivity contribution in [3.8, 4) is 45.7 Å². The lowest BCUT2D eigenvalue weighted by atomic mass is 10.0. The van der Waals surface area contributed by atoms with E-state index in [1.165, 1.54) is 6.07 Å². The van der Waals surface area contributed by atoms with Crippen LogP contribution in [0.3, 0.4) is 0 Å². The number of aromatic nitrogens is 3. The van der Waals surface area contributed by atoms with E-state index in [0.29, 0.717) is 41.3 Å². The van der Waals surface area contributed by atoms with Crippen LogP contribution in [0.2, 0.25) is 0 Å². The van der Waals surface area contributed by atoms with Crippen molar-refractivity contribution >= 4 is 0 Å². The van der Waals surface area contributed by atoms with Crippen LogP contribution in [0.4, 0.5) is 0 Å². The van der Waals surface area contributed by atoms with Gasteiger partial charge in [0, 0.05) is 17.2 Å². The summed E-state index contributed by atoms with van der Waals surface area (Å²) in [7, 11) is 0. The van der Waals surface area contributed by atoms with E-state index in [9.17, 15) is 10.2 Å². The number of nitrogens with zero attached hydrogens (tertiary/aromatic N) is 3. The van der Waals surface area contributed by atoms with Crippen LogP contribution < -0.4 is 4.74 Å². The van der Waals surface area contributed by atoms with Gasteiger partial charge in [0.15, 0.2) is 23.3 Å². The van der Waals surface area contributed by atoms with Gasteiger partial charge in [0.05, 0.1) is 12.2 Å². The predicted molar refractivity (Wildman–Crippen MR) is 172 cm³/mol. The van der Waals surface area contributed by atoms with E-state index in [0.717, 1.165) is 59.1 Å². The Kier molecular flexibility index (Phi) is 10.5. The Morgan fingerprint density at radius 3 is 1.79 bits per heavy atom. The summed E-state index contributed by atoms with van der Waals surface area (Å²) < 4.78 is 11.7. The molecule has 2 atom stereocenters. The fourth-order valence-electron chi connectivity index (χ4n) is 5.11. The molecule has 228 valence electrons. The second-order valence-electron chi connectivity index (χ2n) is 11.8. The fraction of sp³-hybridized carbons (Fsp3) is 0.417. The van der Waals surface area contributed by atoms with Gasteiger partial charge < -0.3 is 19.7 Å². The zero-order valence-electron chi connectivity index (χ0n) is 26.6. The summed E-state index contributed by atoms with van der Waals surface area (Å²) in [5.74, 6) is 0.747. The van der Waals surface area contributed by atoms with E-state index in [2.05, 4.69) is 39.8 Å². The molecular formula is C36H45N3O4. The van der Waals surface area contributed by atoms with Crippen molar-refractivity contribution in [1.82, 2.24) is 15.0 Å². The average Bonchev–Trinajstić information content (AvgIpc) is 2.96. The van der Waals surface area contributed by atoms with Crippen LogP contribution in [0.15, 0.2) is 54.6 Å². The standard InChI is InChI=1S/C36H45N3O4/c1-8-10-11-27(9-2)21-43-36(7,41)22-42-28-14-17-31(32(40)20-28)35-38-33(29-15-12-23(3)18-25(29)5)37-34(39-35)30-16-13-24(4)19-26(30)6/h12-20,27,40-41H,8-11,21-22H2,1-7H3. The van der Waals surface area contributed by atoms with Crippen LogP contribution in [-0.4, -0.2) is 44.2 Å². The molecular weight excluding hydrogens is 538 g/mol. The molecule has 0 aliphatic carbocycles. The Labute approximate surface area is 256 Å². The molecule has 1 aromatic heterocycles. The second-order valence-corrected chi connectivity index (χ2v) is 11.8. The van der Waals surface area contributed by atoms with Gasteiger partial charge in [0.1, 0.15) is 18.1 Å². The number of rotatable bonds is 13. The van der Waals surface area contributed by atoms with Crippen LogP contribution in [0.1, 0.15) is 68.7 Å². The van der Waals surface area contributed by atoms with E-state index in [1.54, 1.807) is 19.1 Å². The Balaban J connectivity index is 1.61. The number of ether oxygens (including phenoxy) is 2. The first-order chi connectivity index (χ1) is 20.5. The van der Waals surface area contributed by atoms with Crippen molar-refractivity contribution in [2.75, 3.05) is 13.2 Å². The van der Waals surface area contributed by atoms with Gasteiger partial charge in [0.2, 0.25) is 0 Å². The highest BCUT2D eigenvalue weighted by molar-refractivity contribution is 5.72. The van der Waals surface area contributed by atoms with Crippen LogP contribution >= 0.6 is 0 Å². The summed E-state index contributed by atoms with van der Waals surface area (Å²) in [5, 5.41) is 21.9. The number of aryl methyl sites for hydroxylation is 4. The van der Waals surface area contributed by atoms with Crippen molar-refractivity contribution in [2.24, 2.45) is 5.92 Å². The van der Waals surface area contributed by atoms with Crippen molar-refractivity contribution in [1.29, 1.82) is 0 Å². The molecule has 0 amide bonds. The van der Waals surface area contributed by atoms with Crippen molar-refractivity contribution in [2.45, 2.75) is 79.9 Å². The molecule has 43 heavy (non-hydrogen) atoms. The average molecular weight is 584 g/mol. The number of hydrogen-bond acceptors (Lipinski definition) is 7. The molecule has 3 aromatic carbocycles. The molecule has 4 aromatic rings. The minimum atomic E-state index is -1.45. The lowest BCUT2D eigenvalue weighted by Gasteiger charge is -2.26. The Morgan fingerprint density at radius 1 is 0.767 bits per heavy atom. The molecule has 0 bridgehead atoms. The summed E-state index contributed by atoms with van der Waals surface area (Å²) in [6.45, 7) is 14.5. The third kappa shape index (κ3) is 8.39. The molecule has 0 fully saturated rings. The van der Waals surface area contributed by atoms with Crippen LogP contribution in [0.5, 0.6) is 11.5 Å². The van der Waals surface area contributed by atoms with Crippen LogP contribution in [-0.2, 0) is 4.74 Å². The minimum absolute atomic E-state index is 0.0342. The number of phenols is 1. The number of aliphatic hydroxyl groups is 1. The first-order valence-corrected chi connectivity index (χ1v) is 15.2. The van der Waals surface area contributed by atoms with Gasteiger partial charge in [-0.05, 0) is 70.2 Å². The van der Waals surface area contributed by atoms with Crippen LogP contribution in [0.25, 0.3) is 34.2 Å². The summed E-state index contributed by atoms with van der Waals surface area (Å²) in [6, 6.07) is 17.3. The molecule has 7 heteroatoms. The van der Waals surface area contributed by atoms with E-state index >= 15 is 0 Å². The largest absolute Gasteiger partial charge is 0.507 e. The molecule has 1 heterocycles.